The quantitative estimate of drug-likeness (QED) is 0.840. The highest BCUT2D eigenvalue weighted by molar-refractivity contribution is 6.30. The van der Waals surface area contributed by atoms with E-state index in [0.29, 0.717) is 29.5 Å². The van der Waals surface area contributed by atoms with Crippen LogP contribution < -0.4 is 5.32 Å². The van der Waals surface area contributed by atoms with Gasteiger partial charge in [0.05, 0.1) is 18.9 Å². The van der Waals surface area contributed by atoms with Crippen molar-refractivity contribution in [3.8, 4) is 5.75 Å². The molecule has 1 aliphatic rings. The van der Waals surface area contributed by atoms with Crippen molar-refractivity contribution in [3.63, 3.8) is 0 Å². The van der Waals surface area contributed by atoms with Crippen molar-refractivity contribution in [1.29, 1.82) is 0 Å². The molecule has 3 rings (SSSR count). The summed E-state index contributed by atoms with van der Waals surface area (Å²) in [5, 5.41) is 13.2. The Morgan fingerprint density at radius 1 is 1.13 bits per heavy atom. The normalized spacial score (nSPS) is 15.3. The standard InChI is InChI=1S/C17H16ClNO4/c18-13-5-2-11(3-6-13)16(21)19-14-10-12(4-7-15(14)20)17-22-8-1-9-23-17/h2-7,10,17,20H,1,8-9H2,(H,19,21). The van der Waals surface area contributed by atoms with Crippen molar-refractivity contribution in [3.05, 3.63) is 58.6 Å². The lowest BCUT2D eigenvalue weighted by atomic mass is 10.1. The number of hydrogen-bond acceptors (Lipinski definition) is 4. The summed E-state index contributed by atoms with van der Waals surface area (Å²) in [7, 11) is 0. The van der Waals surface area contributed by atoms with Gasteiger partial charge in [0.25, 0.3) is 5.91 Å². The lowest BCUT2D eigenvalue weighted by Gasteiger charge is -2.24. The molecule has 0 saturated carbocycles. The molecule has 0 atom stereocenters. The molecule has 2 N–H and O–H groups in total. The number of benzene rings is 2. The molecular weight excluding hydrogens is 318 g/mol. The molecule has 1 saturated heterocycles. The SMILES string of the molecule is O=C(Nc1cc(C2OCCCO2)ccc1O)c1ccc(Cl)cc1. The van der Waals surface area contributed by atoms with E-state index in [1.165, 1.54) is 6.07 Å². The van der Waals surface area contributed by atoms with E-state index in [2.05, 4.69) is 5.32 Å². The molecule has 1 aliphatic heterocycles. The molecule has 120 valence electrons. The van der Waals surface area contributed by atoms with E-state index in [0.717, 1.165) is 12.0 Å². The van der Waals surface area contributed by atoms with Gasteiger partial charge in [-0.2, -0.15) is 0 Å². The Morgan fingerprint density at radius 2 is 1.83 bits per heavy atom. The summed E-state index contributed by atoms with van der Waals surface area (Å²) in [6.07, 6.45) is 0.380. The average Bonchev–Trinajstić information content (AvgIpc) is 2.58. The van der Waals surface area contributed by atoms with Crippen molar-refractivity contribution >= 4 is 23.2 Å². The number of halogens is 1. The monoisotopic (exact) mass is 333 g/mol. The minimum atomic E-state index is -0.476. The molecule has 5 nitrogen and oxygen atoms in total. The van der Waals surface area contributed by atoms with Gasteiger partial charge in [0, 0.05) is 16.1 Å². The number of anilines is 1. The van der Waals surface area contributed by atoms with Crippen molar-refractivity contribution < 1.29 is 19.4 Å². The van der Waals surface area contributed by atoms with Gasteiger partial charge in [0.15, 0.2) is 6.29 Å². The Kier molecular flexibility index (Phi) is 4.81. The molecule has 1 amide bonds. The number of amides is 1. The van der Waals surface area contributed by atoms with Crippen LogP contribution in [-0.4, -0.2) is 24.2 Å². The van der Waals surface area contributed by atoms with E-state index in [1.54, 1.807) is 36.4 Å². The first-order valence-corrected chi connectivity index (χ1v) is 7.64. The van der Waals surface area contributed by atoms with E-state index in [1.807, 2.05) is 0 Å². The second-order valence-corrected chi connectivity index (χ2v) is 5.60. The number of carbonyl (C=O) groups excluding carboxylic acids is 1. The van der Waals surface area contributed by atoms with Crippen molar-refractivity contribution in [2.75, 3.05) is 18.5 Å². The van der Waals surface area contributed by atoms with Crippen LogP contribution >= 0.6 is 11.6 Å². The highest BCUT2D eigenvalue weighted by Crippen LogP contribution is 2.30. The van der Waals surface area contributed by atoms with Gasteiger partial charge in [-0.1, -0.05) is 17.7 Å². The number of phenolic OH excluding ortho intramolecular Hbond substituents is 1. The molecule has 23 heavy (non-hydrogen) atoms. The minimum absolute atomic E-state index is 0.0214. The van der Waals surface area contributed by atoms with Crippen LogP contribution in [0.15, 0.2) is 42.5 Å². The summed E-state index contributed by atoms with van der Waals surface area (Å²) in [5.41, 5.74) is 1.50. The first kappa shape index (κ1) is 15.8. The molecule has 1 heterocycles. The largest absolute Gasteiger partial charge is 0.506 e. The first-order valence-electron chi connectivity index (χ1n) is 7.26. The zero-order valence-electron chi connectivity index (χ0n) is 12.3. The number of hydrogen-bond donors (Lipinski definition) is 2. The molecule has 1 fully saturated rings. The molecular formula is C17H16ClNO4. The van der Waals surface area contributed by atoms with Gasteiger partial charge in [0.2, 0.25) is 0 Å². The lowest BCUT2D eigenvalue weighted by molar-refractivity contribution is -0.183. The Balaban J connectivity index is 1.78. The van der Waals surface area contributed by atoms with Crippen LogP contribution in [0, 0.1) is 0 Å². The smallest absolute Gasteiger partial charge is 0.255 e. The van der Waals surface area contributed by atoms with Crippen LogP contribution in [0.25, 0.3) is 0 Å². The highest BCUT2D eigenvalue weighted by Gasteiger charge is 2.18. The summed E-state index contributed by atoms with van der Waals surface area (Å²) in [6, 6.07) is 11.4. The molecule has 0 bridgehead atoms. The molecule has 6 heteroatoms. The number of ether oxygens (including phenoxy) is 2. The average molecular weight is 334 g/mol. The fourth-order valence-electron chi connectivity index (χ4n) is 2.28. The van der Waals surface area contributed by atoms with Crippen LogP contribution in [0.4, 0.5) is 5.69 Å². The predicted octanol–water partition coefficient (Wildman–Crippen LogP) is 3.73. The van der Waals surface area contributed by atoms with Crippen LogP contribution in [0.5, 0.6) is 5.75 Å². The molecule has 0 unspecified atom stereocenters. The van der Waals surface area contributed by atoms with Crippen LogP contribution in [0.3, 0.4) is 0 Å². The van der Waals surface area contributed by atoms with Crippen molar-refractivity contribution in [1.82, 2.24) is 0 Å². The van der Waals surface area contributed by atoms with Gasteiger partial charge >= 0.3 is 0 Å². The highest BCUT2D eigenvalue weighted by atomic mass is 35.5. The Labute approximate surface area is 138 Å². The number of rotatable bonds is 3. The third-order valence-electron chi connectivity index (χ3n) is 3.47. The molecule has 0 spiro atoms. The van der Waals surface area contributed by atoms with E-state index in [-0.39, 0.29) is 11.7 Å². The Hall–Kier alpha value is -2.08. The maximum Gasteiger partial charge on any atom is 0.255 e. The summed E-state index contributed by atoms with van der Waals surface area (Å²) in [5.74, 6) is -0.355. The van der Waals surface area contributed by atoms with Crippen LogP contribution in [-0.2, 0) is 9.47 Å². The van der Waals surface area contributed by atoms with Gasteiger partial charge in [-0.25, -0.2) is 0 Å². The van der Waals surface area contributed by atoms with E-state index in [4.69, 9.17) is 21.1 Å². The van der Waals surface area contributed by atoms with Crippen LogP contribution in [0.2, 0.25) is 5.02 Å². The summed E-state index contributed by atoms with van der Waals surface area (Å²) >= 11 is 5.81. The van der Waals surface area contributed by atoms with Gasteiger partial charge in [-0.05, 0) is 42.8 Å². The van der Waals surface area contributed by atoms with Crippen molar-refractivity contribution in [2.24, 2.45) is 0 Å². The Morgan fingerprint density at radius 3 is 2.52 bits per heavy atom. The predicted molar refractivity (Wildman–Crippen MR) is 86.8 cm³/mol. The first-order chi connectivity index (χ1) is 11.1. The third kappa shape index (κ3) is 3.82. The molecule has 2 aromatic carbocycles. The number of nitrogens with one attached hydrogen (secondary N) is 1. The van der Waals surface area contributed by atoms with Gasteiger partial charge < -0.3 is 19.9 Å². The number of phenols is 1. The van der Waals surface area contributed by atoms with E-state index >= 15 is 0 Å². The zero-order valence-corrected chi connectivity index (χ0v) is 13.0. The fourth-order valence-corrected chi connectivity index (χ4v) is 2.40. The number of aromatic hydroxyl groups is 1. The van der Waals surface area contributed by atoms with Gasteiger partial charge in [0.1, 0.15) is 5.75 Å². The maximum absolute atomic E-state index is 12.2. The molecule has 2 aromatic rings. The maximum atomic E-state index is 12.2. The molecule has 0 radical (unpaired) electrons. The lowest BCUT2D eigenvalue weighted by Crippen LogP contribution is -2.18. The summed E-state index contributed by atoms with van der Waals surface area (Å²) in [6.45, 7) is 1.25. The molecule has 0 aromatic heterocycles. The van der Waals surface area contributed by atoms with Crippen molar-refractivity contribution in [2.45, 2.75) is 12.7 Å². The zero-order chi connectivity index (χ0) is 16.2. The third-order valence-corrected chi connectivity index (χ3v) is 3.73. The van der Waals surface area contributed by atoms with Gasteiger partial charge in [-0.15, -0.1) is 0 Å². The van der Waals surface area contributed by atoms with Crippen LogP contribution in [0.1, 0.15) is 28.6 Å². The summed E-state index contributed by atoms with van der Waals surface area (Å²) in [4.78, 5) is 12.2. The van der Waals surface area contributed by atoms with Gasteiger partial charge in [-0.3, -0.25) is 4.79 Å². The fraction of sp³-hybridized carbons (Fsp3) is 0.235. The summed E-state index contributed by atoms with van der Waals surface area (Å²) < 4.78 is 11.1. The van der Waals surface area contributed by atoms with E-state index < -0.39 is 6.29 Å². The number of carbonyl (C=O) groups is 1. The topological polar surface area (TPSA) is 67.8 Å². The molecule has 0 aliphatic carbocycles. The second-order valence-electron chi connectivity index (χ2n) is 5.16. The second kappa shape index (κ2) is 7.00. The Bertz CT molecular complexity index is 696. The van der Waals surface area contributed by atoms with E-state index in [9.17, 15) is 9.90 Å². The minimum Gasteiger partial charge on any atom is -0.506 e.